The minimum absolute atomic E-state index is 0.316. The maximum absolute atomic E-state index is 5.84. The monoisotopic (exact) mass is 276 g/mol. The first-order valence-electron chi connectivity index (χ1n) is 6.05. The Kier molecular flexibility index (Phi) is 3.03. The van der Waals surface area contributed by atoms with E-state index < -0.39 is 0 Å². The summed E-state index contributed by atoms with van der Waals surface area (Å²) in [6.07, 6.45) is 4.77. The Morgan fingerprint density at radius 2 is 2.16 bits per heavy atom. The first-order valence-corrected chi connectivity index (χ1v) is 6.43. The summed E-state index contributed by atoms with van der Waals surface area (Å²) in [6, 6.07) is 3.51. The summed E-state index contributed by atoms with van der Waals surface area (Å²) in [7, 11) is 1.69. The lowest BCUT2D eigenvalue weighted by atomic mass is 9.94. The number of ether oxygens (including phenoxy) is 1. The molecule has 5 heteroatoms. The quantitative estimate of drug-likeness (QED) is 0.782. The molecule has 2 aromatic heterocycles. The van der Waals surface area contributed by atoms with Gasteiger partial charge in [0.05, 0.1) is 12.9 Å². The van der Waals surface area contributed by atoms with Gasteiger partial charge in [-0.05, 0) is 24.6 Å². The molecule has 1 aliphatic rings. The molecule has 2 aromatic rings. The van der Waals surface area contributed by atoms with Crippen molar-refractivity contribution in [3.63, 3.8) is 0 Å². The largest absolute Gasteiger partial charge is 0.501 e. The zero-order valence-corrected chi connectivity index (χ0v) is 11.4. The van der Waals surface area contributed by atoms with E-state index in [0.717, 1.165) is 23.3 Å². The van der Waals surface area contributed by atoms with E-state index in [9.17, 15) is 0 Å². The van der Waals surface area contributed by atoms with Gasteiger partial charge in [0.1, 0.15) is 10.7 Å². The predicted molar refractivity (Wildman–Crippen MR) is 73.7 cm³/mol. The molecule has 3 rings (SSSR count). The zero-order valence-electron chi connectivity index (χ0n) is 10.7. The van der Waals surface area contributed by atoms with E-state index in [1.54, 1.807) is 19.2 Å². The summed E-state index contributed by atoms with van der Waals surface area (Å²) in [6.45, 7) is 2.11. The molecule has 0 amide bonds. The molecule has 19 heavy (non-hydrogen) atoms. The number of pyridine rings is 1. The van der Waals surface area contributed by atoms with Crippen LogP contribution in [-0.2, 0) is 4.74 Å². The van der Waals surface area contributed by atoms with Gasteiger partial charge >= 0.3 is 0 Å². The van der Waals surface area contributed by atoms with E-state index in [0.29, 0.717) is 22.7 Å². The minimum Gasteiger partial charge on any atom is -0.501 e. The Bertz CT molecular complexity index is 688. The first kappa shape index (κ1) is 12.2. The number of rotatable bonds is 2. The van der Waals surface area contributed by atoms with Crippen LogP contribution in [0.3, 0.4) is 0 Å². The number of methoxy groups -OCH3 is 1. The summed E-state index contributed by atoms with van der Waals surface area (Å²) < 4.78 is 11.0. The van der Waals surface area contributed by atoms with Gasteiger partial charge in [-0.25, -0.2) is 4.98 Å². The van der Waals surface area contributed by atoms with Crippen molar-refractivity contribution in [2.75, 3.05) is 7.11 Å². The maximum atomic E-state index is 5.84. The number of halogens is 1. The summed E-state index contributed by atoms with van der Waals surface area (Å²) in [4.78, 5) is 8.55. The van der Waals surface area contributed by atoms with Gasteiger partial charge in [0.25, 0.3) is 0 Å². The Morgan fingerprint density at radius 3 is 2.89 bits per heavy atom. The molecule has 0 N–H and O–H groups in total. The first-order chi connectivity index (χ1) is 9.17. The van der Waals surface area contributed by atoms with Crippen molar-refractivity contribution in [2.24, 2.45) is 5.92 Å². The van der Waals surface area contributed by atoms with Crippen LogP contribution in [0, 0.1) is 5.92 Å². The number of oxazole rings is 1. The summed E-state index contributed by atoms with van der Waals surface area (Å²) in [5, 5.41) is 0.405. The van der Waals surface area contributed by atoms with Crippen LogP contribution in [0.2, 0.25) is 5.15 Å². The Balaban J connectivity index is 2.01. The van der Waals surface area contributed by atoms with Gasteiger partial charge in [-0.2, -0.15) is 4.98 Å². The van der Waals surface area contributed by atoms with E-state index in [1.165, 1.54) is 0 Å². The third kappa shape index (κ3) is 2.24. The minimum atomic E-state index is 0.316. The van der Waals surface area contributed by atoms with E-state index in [1.807, 2.05) is 12.2 Å². The molecule has 2 heterocycles. The second-order valence-electron chi connectivity index (χ2n) is 4.55. The summed E-state index contributed by atoms with van der Waals surface area (Å²) >= 11 is 5.84. The molecular formula is C14H13ClN2O2. The second kappa shape index (κ2) is 4.70. The van der Waals surface area contributed by atoms with E-state index in [2.05, 4.69) is 16.9 Å². The molecule has 1 atom stereocenters. The molecule has 0 bridgehead atoms. The lowest BCUT2D eigenvalue weighted by Crippen LogP contribution is -2.06. The van der Waals surface area contributed by atoms with Crippen molar-refractivity contribution in [1.29, 1.82) is 0 Å². The zero-order chi connectivity index (χ0) is 13.4. The van der Waals surface area contributed by atoms with Crippen LogP contribution < -0.4 is 0 Å². The molecule has 0 fully saturated rings. The molecule has 4 nitrogen and oxygen atoms in total. The van der Waals surface area contributed by atoms with E-state index >= 15 is 0 Å². The summed E-state index contributed by atoms with van der Waals surface area (Å²) in [5.74, 6) is 1.89. The number of hydrogen-bond acceptors (Lipinski definition) is 4. The molecule has 0 aliphatic heterocycles. The maximum Gasteiger partial charge on any atom is 0.248 e. The number of fused-ring (bicyclic) bond motifs is 1. The van der Waals surface area contributed by atoms with Crippen molar-refractivity contribution < 1.29 is 9.15 Å². The number of nitrogens with zero attached hydrogens (tertiary/aromatic N) is 2. The lowest BCUT2D eigenvalue weighted by molar-refractivity contribution is 0.247. The standard InChI is InChI=1S/C14H13ClN2O2/c1-8-7-9(3-5-11(8)18-2)13-16-10-4-6-12(15)17-14(10)19-13/h3-6,8H,7H2,1-2H3. The topological polar surface area (TPSA) is 48.2 Å². The van der Waals surface area contributed by atoms with Crippen molar-refractivity contribution in [3.8, 4) is 0 Å². The third-order valence-electron chi connectivity index (χ3n) is 3.19. The highest BCUT2D eigenvalue weighted by atomic mass is 35.5. The molecule has 0 aromatic carbocycles. The Labute approximate surface area is 115 Å². The second-order valence-corrected chi connectivity index (χ2v) is 4.93. The highest BCUT2D eigenvalue weighted by Gasteiger charge is 2.20. The molecule has 0 saturated carbocycles. The Morgan fingerprint density at radius 1 is 1.32 bits per heavy atom. The lowest BCUT2D eigenvalue weighted by Gasteiger charge is -2.18. The SMILES string of the molecule is COC1=CC=C(c2nc3ccc(Cl)nc3o2)CC1C. The average Bonchev–Trinajstić information content (AvgIpc) is 2.81. The highest BCUT2D eigenvalue weighted by Crippen LogP contribution is 2.32. The molecule has 0 saturated heterocycles. The molecule has 98 valence electrons. The summed E-state index contributed by atoms with van der Waals surface area (Å²) in [5.41, 5.74) is 2.23. The van der Waals surface area contributed by atoms with E-state index in [4.69, 9.17) is 20.8 Å². The molecule has 0 radical (unpaired) electrons. The molecular weight excluding hydrogens is 264 g/mol. The predicted octanol–water partition coefficient (Wildman–Crippen LogP) is 3.83. The van der Waals surface area contributed by atoms with Crippen LogP contribution in [0.15, 0.2) is 34.5 Å². The smallest absolute Gasteiger partial charge is 0.248 e. The van der Waals surface area contributed by atoms with Gasteiger partial charge in [-0.3, -0.25) is 0 Å². The molecule has 0 spiro atoms. The number of allylic oxidation sites excluding steroid dienone is 4. The fourth-order valence-electron chi connectivity index (χ4n) is 2.21. The van der Waals surface area contributed by atoms with Crippen LogP contribution in [-0.4, -0.2) is 17.1 Å². The van der Waals surface area contributed by atoms with Crippen molar-refractivity contribution in [1.82, 2.24) is 9.97 Å². The van der Waals surface area contributed by atoms with Gasteiger partial charge in [0, 0.05) is 11.5 Å². The highest BCUT2D eigenvalue weighted by molar-refractivity contribution is 6.29. The fraction of sp³-hybridized carbons (Fsp3) is 0.286. The van der Waals surface area contributed by atoms with Gasteiger partial charge < -0.3 is 9.15 Å². The van der Waals surface area contributed by atoms with E-state index in [-0.39, 0.29) is 0 Å². The van der Waals surface area contributed by atoms with Crippen molar-refractivity contribution in [3.05, 3.63) is 41.1 Å². The number of aromatic nitrogens is 2. The van der Waals surface area contributed by atoms with Crippen LogP contribution >= 0.6 is 11.6 Å². The number of hydrogen-bond donors (Lipinski definition) is 0. The van der Waals surface area contributed by atoms with Crippen LogP contribution in [0.4, 0.5) is 0 Å². The van der Waals surface area contributed by atoms with Crippen molar-refractivity contribution in [2.45, 2.75) is 13.3 Å². The van der Waals surface area contributed by atoms with Crippen molar-refractivity contribution >= 4 is 28.4 Å². The Hall–Kier alpha value is -1.81. The van der Waals surface area contributed by atoms with Gasteiger partial charge in [0.15, 0.2) is 0 Å². The van der Waals surface area contributed by atoms with Gasteiger partial charge in [-0.15, -0.1) is 0 Å². The van der Waals surface area contributed by atoms with Gasteiger partial charge in [-0.1, -0.05) is 24.6 Å². The molecule has 1 aliphatic carbocycles. The van der Waals surface area contributed by atoms with Crippen LogP contribution in [0.1, 0.15) is 19.2 Å². The fourth-order valence-corrected chi connectivity index (χ4v) is 2.34. The van der Waals surface area contributed by atoms with Crippen LogP contribution in [0.5, 0.6) is 0 Å². The molecule has 1 unspecified atom stereocenters. The van der Waals surface area contributed by atoms with Gasteiger partial charge in [0.2, 0.25) is 11.6 Å². The normalized spacial score (nSPS) is 19.2. The van der Waals surface area contributed by atoms with Crippen LogP contribution in [0.25, 0.3) is 16.8 Å². The third-order valence-corrected chi connectivity index (χ3v) is 3.40. The average molecular weight is 277 g/mol.